The lowest BCUT2D eigenvalue weighted by Gasteiger charge is -2.29. The van der Waals surface area contributed by atoms with E-state index >= 15 is 0 Å². The van der Waals surface area contributed by atoms with Crippen molar-refractivity contribution in [2.45, 2.75) is 173 Å². The van der Waals surface area contributed by atoms with E-state index in [1.165, 1.54) is 94.3 Å². The van der Waals surface area contributed by atoms with Crippen LogP contribution in [0.25, 0.3) is 5.52 Å². The van der Waals surface area contributed by atoms with Crippen molar-refractivity contribution in [3.8, 4) is 11.8 Å². The average Bonchev–Trinajstić information content (AvgIpc) is 3.97. The molecule has 2 saturated heterocycles. The van der Waals surface area contributed by atoms with E-state index in [2.05, 4.69) is 23.1 Å². The van der Waals surface area contributed by atoms with Crippen LogP contribution in [0.2, 0.25) is 0 Å². The third-order valence-electron chi connectivity index (χ3n) is 12.1. The monoisotopic (exact) mass is 918 g/mol. The van der Waals surface area contributed by atoms with Gasteiger partial charge in [-0.2, -0.15) is 10.4 Å². The number of nitrogen functional groups attached to an aromatic ring is 1. The fourth-order valence-corrected chi connectivity index (χ4v) is 9.90. The van der Waals surface area contributed by atoms with E-state index in [1.54, 1.807) is 38.1 Å². The van der Waals surface area contributed by atoms with Crippen LogP contribution >= 0.6 is 7.82 Å². The number of ether oxygens (including phenoxy) is 5. The molecule has 0 amide bonds. The Bertz CT molecular complexity index is 2120. The SMILES string of the molecule is CCCCCCCCCCCCCCCCCCO[C@H](COCc1ccccc1)COP(=O)(OC[C@H]1O[C@@](C#N)(c2ccc3c(N)ncnn23)[C@@H]2OC(C)(C)O[C@@H]21)Oc1ccccc1C. The number of aryl methyl sites for hydroxylation is 1. The Morgan fingerprint density at radius 3 is 2.12 bits per heavy atom. The Labute approximate surface area is 386 Å². The summed E-state index contributed by atoms with van der Waals surface area (Å²) in [6, 6.07) is 22.8. The van der Waals surface area contributed by atoms with Gasteiger partial charge in [0.05, 0.1) is 32.1 Å². The van der Waals surface area contributed by atoms with Crippen LogP contribution in [0.5, 0.6) is 5.75 Å². The lowest BCUT2D eigenvalue weighted by molar-refractivity contribution is -0.204. The van der Waals surface area contributed by atoms with Crippen LogP contribution in [0, 0.1) is 18.3 Å². The molecule has 65 heavy (non-hydrogen) atoms. The second kappa shape index (κ2) is 25.3. The largest absolute Gasteiger partial charge is 0.530 e. The highest BCUT2D eigenvalue weighted by Gasteiger charge is 2.65. The first kappa shape index (κ1) is 50.5. The molecular weight excluding hydrogens is 846 g/mol. The Balaban J connectivity index is 1.05. The molecule has 14 nitrogen and oxygen atoms in total. The number of para-hydroxylation sites is 1. The van der Waals surface area contributed by atoms with E-state index in [4.69, 9.17) is 43.0 Å². The summed E-state index contributed by atoms with van der Waals surface area (Å²) in [4.78, 5) is 4.08. The summed E-state index contributed by atoms with van der Waals surface area (Å²) in [5.41, 5.74) is 7.07. The predicted molar refractivity (Wildman–Crippen MR) is 250 cm³/mol. The quantitative estimate of drug-likeness (QED) is 0.0374. The Morgan fingerprint density at radius 1 is 0.815 bits per heavy atom. The predicted octanol–water partition coefficient (Wildman–Crippen LogP) is 11.3. The zero-order valence-electron chi connectivity index (χ0n) is 39.1. The van der Waals surface area contributed by atoms with E-state index in [0.29, 0.717) is 30.2 Å². The molecule has 0 aliphatic carbocycles. The molecule has 2 N–H and O–H groups in total. The maximum atomic E-state index is 14.8. The van der Waals surface area contributed by atoms with Crippen molar-refractivity contribution in [2.24, 2.45) is 0 Å². The second-order valence-corrected chi connectivity index (χ2v) is 19.5. The van der Waals surface area contributed by atoms with Crippen molar-refractivity contribution < 1.29 is 41.8 Å². The summed E-state index contributed by atoms with van der Waals surface area (Å²) >= 11 is 0. The van der Waals surface area contributed by atoms with Gasteiger partial charge in [0.15, 0.2) is 11.6 Å². The van der Waals surface area contributed by atoms with Gasteiger partial charge in [-0.15, -0.1) is 0 Å². The van der Waals surface area contributed by atoms with Crippen LogP contribution in [-0.2, 0) is 49.5 Å². The third-order valence-corrected chi connectivity index (χ3v) is 13.5. The number of hydrogen-bond acceptors (Lipinski definition) is 13. The second-order valence-electron chi connectivity index (χ2n) is 17.9. The molecule has 6 atom stereocenters. The summed E-state index contributed by atoms with van der Waals surface area (Å²) in [6.45, 7) is 8.24. The smallest absolute Gasteiger partial charge is 0.404 e. The highest BCUT2D eigenvalue weighted by Crippen LogP contribution is 2.54. The van der Waals surface area contributed by atoms with Crippen molar-refractivity contribution in [3.05, 3.63) is 89.9 Å². The summed E-state index contributed by atoms with van der Waals surface area (Å²) < 4.78 is 66.4. The van der Waals surface area contributed by atoms with Gasteiger partial charge in [0, 0.05) is 6.61 Å². The van der Waals surface area contributed by atoms with Crippen LogP contribution in [0.15, 0.2) is 73.1 Å². The van der Waals surface area contributed by atoms with Crippen molar-refractivity contribution in [2.75, 3.05) is 32.2 Å². The molecule has 4 heterocycles. The first-order valence-electron chi connectivity index (χ1n) is 24.0. The number of unbranched alkanes of at least 4 members (excludes halogenated alkanes) is 15. The van der Waals surface area contributed by atoms with Gasteiger partial charge in [-0.3, -0.25) is 9.05 Å². The number of nitrogens with zero attached hydrogens (tertiary/aromatic N) is 4. The molecule has 2 aliphatic heterocycles. The van der Waals surface area contributed by atoms with Gasteiger partial charge in [-0.1, -0.05) is 152 Å². The van der Waals surface area contributed by atoms with Crippen LogP contribution < -0.4 is 10.3 Å². The molecule has 2 fully saturated rings. The van der Waals surface area contributed by atoms with E-state index < -0.39 is 43.6 Å². The minimum atomic E-state index is -4.40. The van der Waals surface area contributed by atoms with Gasteiger partial charge in [-0.05, 0) is 56.5 Å². The number of hydrogen-bond donors (Lipinski definition) is 1. The Kier molecular flexibility index (Phi) is 19.7. The number of fused-ring (bicyclic) bond motifs is 2. The first-order valence-corrected chi connectivity index (χ1v) is 25.4. The number of anilines is 1. The highest BCUT2D eigenvalue weighted by molar-refractivity contribution is 7.48. The minimum absolute atomic E-state index is 0.138. The van der Waals surface area contributed by atoms with Crippen LogP contribution in [-0.4, -0.2) is 71.2 Å². The number of aromatic nitrogens is 3. The Morgan fingerprint density at radius 2 is 1.46 bits per heavy atom. The number of phosphoric acid groups is 1. The molecule has 1 unspecified atom stereocenters. The molecule has 2 aromatic carbocycles. The number of nitriles is 1. The zero-order chi connectivity index (χ0) is 46.0. The zero-order valence-corrected chi connectivity index (χ0v) is 40.0. The lowest BCUT2D eigenvalue weighted by atomic mass is 9.92. The molecule has 4 aromatic rings. The van der Waals surface area contributed by atoms with E-state index in [-0.39, 0.29) is 25.6 Å². The number of rotatable bonds is 31. The highest BCUT2D eigenvalue weighted by atomic mass is 31.2. The molecule has 6 rings (SSSR count). The summed E-state index contributed by atoms with van der Waals surface area (Å²) in [7, 11) is -4.40. The van der Waals surface area contributed by atoms with Crippen molar-refractivity contribution in [3.63, 3.8) is 0 Å². The molecule has 15 heteroatoms. The standard InChI is InChI=1S/C50H72N5O9P/c1-5-6-7-8-9-10-11-12-13-14-15-16-17-18-19-25-32-58-41(34-57-33-40-27-21-20-22-28-40)35-59-65(56,64-43-29-24-23-26-39(43)2)60-36-44-46-47(63-49(3,4)62-46)50(37-51,61-44)45-31-30-42-48(52)53-38-54-55(42)45/h20-24,26-31,38,41,44,46-47H,5-19,25,32-36H2,1-4H3,(H2,52,53,54)/t41-,44-,46-,47-,50+,65?/m1/s1. The van der Waals surface area contributed by atoms with Crippen LogP contribution in [0.4, 0.5) is 5.82 Å². The molecular formula is C50H72N5O9P. The van der Waals surface area contributed by atoms with Crippen molar-refractivity contribution in [1.82, 2.24) is 14.6 Å². The molecule has 2 aromatic heterocycles. The number of phosphoric ester groups is 1. The van der Waals surface area contributed by atoms with E-state index in [1.807, 2.05) is 49.4 Å². The van der Waals surface area contributed by atoms with Gasteiger partial charge in [0.25, 0.3) is 0 Å². The van der Waals surface area contributed by atoms with E-state index in [9.17, 15) is 9.83 Å². The molecule has 0 bridgehead atoms. The topological polar surface area (TPSA) is 171 Å². The normalized spacial score (nSPS) is 21.6. The minimum Gasteiger partial charge on any atom is -0.404 e. The van der Waals surface area contributed by atoms with E-state index in [0.717, 1.165) is 30.4 Å². The van der Waals surface area contributed by atoms with Gasteiger partial charge in [-0.25, -0.2) is 14.1 Å². The molecule has 0 saturated carbocycles. The van der Waals surface area contributed by atoms with Crippen molar-refractivity contribution >= 4 is 19.2 Å². The average molecular weight is 918 g/mol. The Hall–Kier alpha value is -3.90. The maximum Gasteiger partial charge on any atom is 0.530 e. The molecule has 2 aliphatic rings. The lowest BCUT2D eigenvalue weighted by Crippen LogP contribution is -2.40. The van der Waals surface area contributed by atoms with Crippen LogP contribution in [0.3, 0.4) is 0 Å². The molecule has 0 radical (unpaired) electrons. The number of benzene rings is 2. The van der Waals surface area contributed by atoms with Crippen molar-refractivity contribution in [1.29, 1.82) is 5.26 Å². The number of nitrogens with two attached hydrogens (primary N) is 1. The van der Waals surface area contributed by atoms with Gasteiger partial charge in [0.2, 0.25) is 5.60 Å². The summed E-state index contributed by atoms with van der Waals surface area (Å²) in [6.07, 6.45) is 18.7. The first-order chi connectivity index (χ1) is 31.6. The van der Waals surface area contributed by atoms with Gasteiger partial charge < -0.3 is 33.9 Å². The fraction of sp³-hybridized carbons (Fsp3) is 0.620. The fourth-order valence-electron chi connectivity index (χ4n) is 8.60. The van der Waals surface area contributed by atoms with Gasteiger partial charge >= 0.3 is 7.82 Å². The molecule has 0 spiro atoms. The molecule has 356 valence electrons. The summed E-state index contributed by atoms with van der Waals surface area (Å²) in [5, 5.41) is 15.2. The summed E-state index contributed by atoms with van der Waals surface area (Å²) in [5.74, 6) is -0.506. The van der Waals surface area contributed by atoms with Gasteiger partial charge in [0.1, 0.15) is 48.1 Å². The third kappa shape index (κ3) is 14.5. The maximum absolute atomic E-state index is 14.8. The van der Waals surface area contributed by atoms with Crippen LogP contribution in [0.1, 0.15) is 140 Å².